The lowest BCUT2D eigenvalue weighted by molar-refractivity contribution is -0.137. The molecule has 3 rings (SSSR count). The van der Waals surface area contributed by atoms with Crippen LogP contribution in [-0.4, -0.2) is 77.6 Å². The molecule has 2 N–H and O–H groups in total. The minimum Gasteiger partial charge on any atom is -0.453 e. The van der Waals surface area contributed by atoms with Gasteiger partial charge in [0.15, 0.2) is 0 Å². The zero-order valence-corrected chi connectivity index (χ0v) is 16.0. The summed E-state index contributed by atoms with van der Waals surface area (Å²) >= 11 is 0. The second kappa shape index (κ2) is 9.03. The van der Waals surface area contributed by atoms with E-state index in [-0.39, 0.29) is 5.91 Å². The fraction of sp³-hybridized carbons (Fsp3) is 0.632. The maximum Gasteiger partial charge on any atom is 0.410 e. The average molecular weight is 375 g/mol. The number of carbonyl (C=O) groups is 2. The number of anilines is 1. The quantitative estimate of drug-likeness (QED) is 0.857. The zero-order chi connectivity index (χ0) is 19.2. The van der Waals surface area contributed by atoms with Gasteiger partial charge in [0, 0.05) is 51.0 Å². The van der Waals surface area contributed by atoms with Gasteiger partial charge in [0.25, 0.3) is 0 Å². The summed E-state index contributed by atoms with van der Waals surface area (Å²) in [5, 5.41) is 0. The van der Waals surface area contributed by atoms with Gasteiger partial charge in [-0.1, -0.05) is 6.07 Å². The molecule has 0 bridgehead atoms. The van der Waals surface area contributed by atoms with Gasteiger partial charge in [-0.3, -0.25) is 14.6 Å². The largest absolute Gasteiger partial charge is 0.453 e. The van der Waals surface area contributed by atoms with Gasteiger partial charge in [-0.25, -0.2) is 9.78 Å². The second-order valence-corrected chi connectivity index (χ2v) is 7.18. The van der Waals surface area contributed by atoms with Crippen molar-refractivity contribution in [1.82, 2.24) is 19.7 Å². The molecule has 1 atom stereocenters. The summed E-state index contributed by atoms with van der Waals surface area (Å²) in [7, 11) is 1.37. The van der Waals surface area contributed by atoms with Crippen LogP contribution in [0.4, 0.5) is 10.6 Å². The smallest absolute Gasteiger partial charge is 0.410 e. The predicted octanol–water partition coefficient (Wildman–Crippen LogP) is 1.32. The van der Waals surface area contributed by atoms with Gasteiger partial charge < -0.3 is 15.4 Å². The molecule has 0 radical (unpaired) electrons. The minimum atomic E-state index is -0.406. The number of rotatable bonds is 3. The van der Waals surface area contributed by atoms with Crippen LogP contribution < -0.4 is 5.73 Å². The summed E-state index contributed by atoms with van der Waals surface area (Å²) in [6, 6.07) is 3.49. The van der Waals surface area contributed by atoms with E-state index >= 15 is 0 Å². The van der Waals surface area contributed by atoms with Crippen LogP contribution in [0.2, 0.25) is 0 Å². The Labute approximate surface area is 160 Å². The minimum absolute atomic E-state index is 0.0443. The zero-order valence-electron chi connectivity index (χ0n) is 16.0. The SMILES string of the molecule is COC(=O)N1CCCCC1C(=O)N1CCCN(Cc2cccnc2N)CC1. The van der Waals surface area contributed by atoms with Crippen molar-refractivity contribution in [3.8, 4) is 0 Å². The summed E-state index contributed by atoms with van der Waals surface area (Å²) in [4.78, 5) is 35.0. The molecule has 148 valence electrons. The molecule has 0 spiro atoms. The molecular formula is C19H29N5O3. The third kappa shape index (κ3) is 4.68. The van der Waals surface area contributed by atoms with Crippen LogP contribution in [0.5, 0.6) is 0 Å². The van der Waals surface area contributed by atoms with Crippen LogP contribution >= 0.6 is 0 Å². The van der Waals surface area contributed by atoms with Crippen LogP contribution in [0.25, 0.3) is 0 Å². The van der Waals surface area contributed by atoms with Crippen LogP contribution in [0.15, 0.2) is 18.3 Å². The number of likely N-dealkylation sites (tertiary alicyclic amines) is 1. The molecule has 2 amide bonds. The van der Waals surface area contributed by atoms with E-state index in [1.165, 1.54) is 7.11 Å². The molecule has 2 aliphatic heterocycles. The lowest BCUT2D eigenvalue weighted by Crippen LogP contribution is -2.53. The van der Waals surface area contributed by atoms with E-state index in [1.807, 2.05) is 17.0 Å². The van der Waals surface area contributed by atoms with Gasteiger partial charge in [0.2, 0.25) is 5.91 Å². The van der Waals surface area contributed by atoms with Crippen LogP contribution in [-0.2, 0) is 16.1 Å². The third-order valence-corrected chi connectivity index (χ3v) is 5.42. The van der Waals surface area contributed by atoms with E-state index in [0.717, 1.165) is 44.5 Å². The van der Waals surface area contributed by atoms with Gasteiger partial charge in [0.05, 0.1) is 7.11 Å². The number of nitrogens with two attached hydrogens (primary N) is 1. The highest BCUT2D eigenvalue weighted by Crippen LogP contribution is 2.21. The fourth-order valence-electron chi connectivity index (χ4n) is 3.91. The third-order valence-electron chi connectivity index (χ3n) is 5.42. The monoisotopic (exact) mass is 375 g/mol. The van der Waals surface area contributed by atoms with E-state index < -0.39 is 12.1 Å². The van der Waals surface area contributed by atoms with Crippen molar-refractivity contribution in [2.75, 3.05) is 45.6 Å². The number of pyridine rings is 1. The number of nitrogen functional groups attached to an aromatic ring is 1. The van der Waals surface area contributed by atoms with Crippen LogP contribution in [0.3, 0.4) is 0 Å². The highest BCUT2D eigenvalue weighted by Gasteiger charge is 2.35. The number of amides is 2. The number of ether oxygens (including phenoxy) is 1. The molecule has 3 heterocycles. The van der Waals surface area contributed by atoms with Gasteiger partial charge in [0.1, 0.15) is 11.9 Å². The Hall–Kier alpha value is -2.35. The molecule has 2 aliphatic rings. The van der Waals surface area contributed by atoms with Crippen molar-refractivity contribution in [3.05, 3.63) is 23.9 Å². The van der Waals surface area contributed by atoms with E-state index in [2.05, 4.69) is 9.88 Å². The fourth-order valence-corrected chi connectivity index (χ4v) is 3.91. The van der Waals surface area contributed by atoms with Gasteiger partial charge in [-0.05, 0) is 31.7 Å². The molecule has 1 aromatic heterocycles. The summed E-state index contributed by atoms with van der Waals surface area (Å²) in [5.41, 5.74) is 6.97. The Balaban J connectivity index is 1.60. The first kappa shape index (κ1) is 19.4. The Morgan fingerprint density at radius 2 is 2.04 bits per heavy atom. The van der Waals surface area contributed by atoms with Crippen molar-refractivity contribution in [3.63, 3.8) is 0 Å². The number of nitrogens with zero attached hydrogens (tertiary/aromatic N) is 4. The molecule has 2 fully saturated rings. The number of carbonyl (C=O) groups excluding carboxylic acids is 2. The summed E-state index contributed by atoms with van der Waals surface area (Å²) in [6.45, 7) is 4.38. The maximum absolute atomic E-state index is 13.1. The standard InChI is InChI=1S/C19H29N5O3/c1-27-19(26)24-11-3-2-7-16(24)18(25)23-10-5-9-22(12-13-23)14-15-6-4-8-21-17(15)20/h4,6,8,16H,2-3,5,7,9-14H2,1H3,(H2,20,21). The molecule has 27 heavy (non-hydrogen) atoms. The van der Waals surface area contributed by atoms with Gasteiger partial charge in [-0.2, -0.15) is 0 Å². The first-order valence-electron chi connectivity index (χ1n) is 9.65. The van der Waals surface area contributed by atoms with E-state index in [4.69, 9.17) is 10.5 Å². The number of aromatic nitrogens is 1. The summed E-state index contributed by atoms with van der Waals surface area (Å²) in [5.74, 6) is 0.605. The molecule has 8 nitrogen and oxygen atoms in total. The highest BCUT2D eigenvalue weighted by molar-refractivity contribution is 5.86. The van der Waals surface area contributed by atoms with Crippen molar-refractivity contribution in [2.45, 2.75) is 38.3 Å². The van der Waals surface area contributed by atoms with Crippen molar-refractivity contribution < 1.29 is 14.3 Å². The first-order valence-corrected chi connectivity index (χ1v) is 9.65. The van der Waals surface area contributed by atoms with Crippen LogP contribution in [0.1, 0.15) is 31.2 Å². The molecule has 0 saturated carbocycles. The summed E-state index contributed by atoms with van der Waals surface area (Å²) in [6.07, 6.45) is 4.77. The normalized spacial score (nSPS) is 21.6. The Kier molecular flexibility index (Phi) is 6.49. The predicted molar refractivity (Wildman–Crippen MR) is 102 cm³/mol. The first-order chi connectivity index (χ1) is 13.1. The van der Waals surface area contributed by atoms with Gasteiger partial charge in [-0.15, -0.1) is 0 Å². The molecule has 2 saturated heterocycles. The average Bonchev–Trinajstić information content (AvgIpc) is 2.94. The number of piperidine rings is 1. The van der Waals surface area contributed by atoms with Crippen molar-refractivity contribution >= 4 is 17.8 Å². The number of hydrogen-bond donors (Lipinski definition) is 1. The Morgan fingerprint density at radius 1 is 1.19 bits per heavy atom. The molecule has 1 unspecified atom stereocenters. The number of methoxy groups -OCH3 is 1. The lowest BCUT2D eigenvalue weighted by atomic mass is 10.0. The lowest BCUT2D eigenvalue weighted by Gasteiger charge is -2.36. The van der Waals surface area contributed by atoms with Gasteiger partial charge >= 0.3 is 6.09 Å². The molecular weight excluding hydrogens is 346 g/mol. The summed E-state index contributed by atoms with van der Waals surface area (Å²) < 4.78 is 4.87. The van der Waals surface area contributed by atoms with E-state index in [9.17, 15) is 9.59 Å². The van der Waals surface area contributed by atoms with Crippen LogP contribution in [0, 0.1) is 0 Å². The van der Waals surface area contributed by atoms with E-state index in [1.54, 1.807) is 11.1 Å². The van der Waals surface area contributed by atoms with Crippen molar-refractivity contribution in [2.24, 2.45) is 0 Å². The molecule has 8 heteroatoms. The molecule has 1 aromatic rings. The van der Waals surface area contributed by atoms with Crippen molar-refractivity contribution in [1.29, 1.82) is 0 Å². The Bertz CT molecular complexity index is 669. The van der Waals surface area contributed by atoms with E-state index in [0.29, 0.717) is 31.9 Å². The number of hydrogen-bond acceptors (Lipinski definition) is 6. The topological polar surface area (TPSA) is 92.0 Å². The second-order valence-electron chi connectivity index (χ2n) is 7.18. The molecule has 0 aromatic carbocycles. The Morgan fingerprint density at radius 3 is 2.81 bits per heavy atom. The maximum atomic E-state index is 13.1. The molecule has 0 aliphatic carbocycles. The highest BCUT2D eigenvalue weighted by atomic mass is 16.5.